The van der Waals surface area contributed by atoms with Crippen LogP contribution in [0.4, 0.5) is 10.5 Å². The topological polar surface area (TPSA) is 58.7 Å². The molecule has 1 aromatic rings. The molecule has 0 fully saturated rings. The third kappa shape index (κ3) is 1.23. The Hall–Kier alpha value is -2.10. The highest BCUT2D eigenvalue weighted by atomic mass is 16.2. The van der Waals surface area contributed by atoms with Crippen molar-refractivity contribution in [2.24, 2.45) is 10.7 Å². The van der Waals surface area contributed by atoms with Crippen molar-refractivity contribution in [3.05, 3.63) is 42.0 Å². The van der Waals surface area contributed by atoms with Crippen molar-refractivity contribution in [2.45, 2.75) is 12.5 Å². The lowest BCUT2D eigenvalue weighted by molar-refractivity contribution is 0.253. The first-order chi connectivity index (χ1) is 7.75. The van der Waals surface area contributed by atoms with Gasteiger partial charge in [0.15, 0.2) is 0 Å². The number of hydrogen-bond acceptors (Lipinski definition) is 2. The first-order valence-corrected chi connectivity index (χ1v) is 5.19. The Morgan fingerprint density at radius 2 is 2.00 bits per heavy atom. The Morgan fingerprint density at radius 1 is 1.31 bits per heavy atom. The largest absolute Gasteiger partial charge is 0.383 e. The van der Waals surface area contributed by atoms with Gasteiger partial charge in [0.05, 0.1) is 6.04 Å². The number of nitrogens with two attached hydrogens (primary N) is 1. The molecule has 4 heteroatoms. The molecule has 0 saturated carbocycles. The molecular weight excluding hydrogens is 202 g/mol. The summed E-state index contributed by atoms with van der Waals surface area (Å²) in [5, 5.41) is 0. The van der Waals surface area contributed by atoms with Gasteiger partial charge in [-0.3, -0.25) is 4.90 Å². The van der Waals surface area contributed by atoms with Crippen LogP contribution in [0.3, 0.4) is 0 Å². The lowest BCUT2D eigenvalue weighted by Crippen LogP contribution is -2.40. The highest BCUT2D eigenvalue weighted by Crippen LogP contribution is 2.32. The number of hydrogen-bond donors (Lipinski definition) is 1. The van der Waals surface area contributed by atoms with Gasteiger partial charge in [-0.1, -0.05) is 24.3 Å². The van der Waals surface area contributed by atoms with Gasteiger partial charge in [-0.15, -0.1) is 0 Å². The van der Waals surface area contributed by atoms with E-state index in [4.69, 9.17) is 5.73 Å². The van der Waals surface area contributed by atoms with Gasteiger partial charge in [0.1, 0.15) is 5.84 Å². The molecule has 4 nitrogen and oxygen atoms in total. The zero-order valence-corrected chi connectivity index (χ0v) is 8.63. The number of carbonyl (C=O) groups is 1. The Balaban J connectivity index is 2.03. The summed E-state index contributed by atoms with van der Waals surface area (Å²) in [6.07, 6.45) is 2.80. The summed E-state index contributed by atoms with van der Waals surface area (Å²) in [4.78, 5) is 17.4. The van der Waals surface area contributed by atoms with Crippen molar-refractivity contribution < 1.29 is 4.79 Å². The molecule has 2 aliphatic heterocycles. The van der Waals surface area contributed by atoms with Crippen LogP contribution in [0.5, 0.6) is 0 Å². The Kier molecular flexibility index (Phi) is 1.83. The van der Waals surface area contributed by atoms with Crippen LogP contribution in [0, 0.1) is 0 Å². The van der Waals surface area contributed by atoms with E-state index in [1.807, 2.05) is 36.4 Å². The van der Waals surface area contributed by atoms with E-state index in [1.54, 1.807) is 4.90 Å². The number of rotatable bonds is 1. The minimum absolute atomic E-state index is 0.106. The second-order valence-corrected chi connectivity index (χ2v) is 3.95. The predicted molar refractivity (Wildman–Crippen MR) is 62.4 cm³/mol. The number of fused-ring (bicyclic) bond motifs is 2. The smallest absolute Gasteiger partial charge is 0.350 e. The molecule has 1 atom stereocenters. The number of aliphatic imine (C=N–C) groups is 1. The van der Waals surface area contributed by atoms with E-state index in [9.17, 15) is 4.79 Å². The maximum atomic E-state index is 11.9. The second-order valence-electron chi connectivity index (χ2n) is 3.95. The first kappa shape index (κ1) is 9.15. The average Bonchev–Trinajstić information content (AvgIpc) is 2.41. The lowest BCUT2D eigenvalue weighted by Gasteiger charge is -2.31. The summed E-state index contributed by atoms with van der Waals surface area (Å²) >= 11 is 0. The van der Waals surface area contributed by atoms with E-state index in [2.05, 4.69) is 4.99 Å². The van der Waals surface area contributed by atoms with E-state index < -0.39 is 0 Å². The monoisotopic (exact) mass is 213 g/mol. The van der Waals surface area contributed by atoms with Crippen LogP contribution in [0.1, 0.15) is 6.42 Å². The molecule has 0 spiro atoms. The summed E-state index contributed by atoms with van der Waals surface area (Å²) in [7, 11) is 0. The SMILES string of the molecule is NC1=NC(=O)N(c2ccccc2)C2C=C1C2. The molecule has 1 unspecified atom stereocenters. The fourth-order valence-corrected chi connectivity index (χ4v) is 2.04. The van der Waals surface area contributed by atoms with E-state index >= 15 is 0 Å². The Labute approximate surface area is 93.1 Å². The van der Waals surface area contributed by atoms with Crippen LogP contribution in [-0.2, 0) is 0 Å². The van der Waals surface area contributed by atoms with Crippen molar-refractivity contribution in [1.82, 2.24) is 0 Å². The number of amides is 2. The minimum atomic E-state index is -0.280. The van der Waals surface area contributed by atoms with Crippen LogP contribution in [0.15, 0.2) is 47.0 Å². The van der Waals surface area contributed by atoms with Crippen molar-refractivity contribution in [1.29, 1.82) is 0 Å². The molecule has 3 aliphatic rings. The van der Waals surface area contributed by atoms with Crippen molar-refractivity contribution in [2.75, 3.05) is 4.90 Å². The summed E-state index contributed by atoms with van der Waals surface area (Å²) in [6.45, 7) is 0. The van der Waals surface area contributed by atoms with Crippen LogP contribution in [0.2, 0.25) is 0 Å². The molecule has 0 radical (unpaired) electrons. The molecule has 2 N–H and O–H groups in total. The van der Waals surface area contributed by atoms with Gasteiger partial charge in [-0.2, -0.15) is 4.99 Å². The number of para-hydroxylation sites is 1. The standard InChI is InChI=1S/C12H11N3O/c13-11-8-6-10(7-8)15(12(16)14-11)9-4-2-1-3-5-9/h1-6,10H,7H2,(H2,13,14,16). The molecule has 2 amide bonds. The highest BCUT2D eigenvalue weighted by molar-refractivity contribution is 6.11. The second kappa shape index (κ2) is 3.20. The van der Waals surface area contributed by atoms with Gasteiger partial charge >= 0.3 is 6.03 Å². The molecule has 1 aromatic carbocycles. The van der Waals surface area contributed by atoms with Crippen molar-refractivity contribution >= 4 is 17.6 Å². The molecule has 80 valence electrons. The van der Waals surface area contributed by atoms with Gasteiger partial charge in [0, 0.05) is 12.1 Å². The number of nitrogens with zero attached hydrogens (tertiary/aromatic N) is 2. The fraction of sp³-hybridized carbons (Fsp3) is 0.167. The number of carbonyl (C=O) groups excluding carboxylic acids is 1. The van der Waals surface area contributed by atoms with Crippen molar-refractivity contribution in [3.63, 3.8) is 0 Å². The number of anilines is 1. The van der Waals surface area contributed by atoms with Crippen LogP contribution in [0.25, 0.3) is 0 Å². The maximum absolute atomic E-state index is 11.9. The molecule has 0 saturated heterocycles. The summed E-state index contributed by atoms with van der Waals surface area (Å²) < 4.78 is 0. The predicted octanol–water partition coefficient (Wildman–Crippen LogP) is 1.68. The van der Waals surface area contributed by atoms with Crippen LogP contribution < -0.4 is 10.6 Å². The molecule has 4 rings (SSSR count). The summed E-state index contributed by atoms with van der Waals surface area (Å²) in [6, 6.07) is 9.37. The normalized spacial score (nSPS) is 23.1. The van der Waals surface area contributed by atoms with Crippen LogP contribution >= 0.6 is 0 Å². The minimum Gasteiger partial charge on any atom is -0.383 e. The fourth-order valence-electron chi connectivity index (χ4n) is 2.04. The zero-order valence-electron chi connectivity index (χ0n) is 8.63. The van der Waals surface area contributed by atoms with Gasteiger partial charge < -0.3 is 5.73 Å². The van der Waals surface area contributed by atoms with Gasteiger partial charge in [-0.05, 0) is 17.7 Å². The van der Waals surface area contributed by atoms with Gasteiger partial charge in [0.25, 0.3) is 0 Å². The van der Waals surface area contributed by atoms with Crippen LogP contribution in [-0.4, -0.2) is 17.9 Å². The van der Waals surface area contributed by atoms with E-state index in [-0.39, 0.29) is 12.1 Å². The third-order valence-corrected chi connectivity index (χ3v) is 2.94. The Bertz CT molecular complexity index is 504. The molecule has 16 heavy (non-hydrogen) atoms. The van der Waals surface area contributed by atoms with Crippen molar-refractivity contribution in [3.8, 4) is 0 Å². The average molecular weight is 213 g/mol. The van der Waals surface area contributed by atoms with E-state index in [1.165, 1.54) is 0 Å². The first-order valence-electron chi connectivity index (χ1n) is 5.19. The number of amidine groups is 1. The van der Waals surface area contributed by atoms with E-state index in [0.29, 0.717) is 5.84 Å². The zero-order chi connectivity index (χ0) is 11.1. The molecule has 0 aromatic heterocycles. The summed E-state index contributed by atoms with van der Waals surface area (Å²) in [5.41, 5.74) is 7.53. The molecular formula is C12H11N3O. The molecule has 1 aliphatic carbocycles. The number of urea groups is 1. The third-order valence-electron chi connectivity index (χ3n) is 2.94. The summed E-state index contributed by atoms with van der Waals surface area (Å²) in [5.74, 6) is 0.361. The lowest BCUT2D eigenvalue weighted by atomic mass is 9.91. The van der Waals surface area contributed by atoms with Gasteiger partial charge in [0.2, 0.25) is 0 Å². The molecule has 2 heterocycles. The molecule has 2 bridgehead atoms. The Morgan fingerprint density at radius 3 is 2.69 bits per heavy atom. The highest BCUT2D eigenvalue weighted by Gasteiger charge is 2.35. The van der Waals surface area contributed by atoms with E-state index in [0.717, 1.165) is 17.7 Å². The quantitative estimate of drug-likeness (QED) is 0.771. The van der Waals surface area contributed by atoms with Gasteiger partial charge in [-0.25, -0.2) is 4.79 Å². The maximum Gasteiger partial charge on any atom is 0.350 e. The number of benzene rings is 1.